The molecule has 0 fully saturated rings. The molecule has 0 bridgehead atoms. The zero-order valence-electron chi connectivity index (χ0n) is 10.5. The number of carbonyl (C=O) groups is 1. The third-order valence-electron chi connectivity index (χ3n) is 2.42. The van der Waals surface area contributed by atoms with E-state index < -0.39 is 4.92 Å². The predicted molar refractivity (Wildman–Crippen MR) is 71.7 cm³/mol. The van der Waals surface area contributed by atoms with Crippen molar-refractivity contribution in [3.05, 3.63) is 39.4 Å². The molecular weight excluding hydrogens is 272 g/mol. The number of rotatable bonds is 7. The van der Waals surface area contributed by atoms with Crippen LogP contribution in [0.1, 0.15) is 15.9 Å². The quantitative estimate of drug-likeness (QED) is 0.359. The van der Waals surface area contributed by atoms with Crippen LogP contribution in [0, 0.1) is 17.0 Å². The van der Waals surface area contributed by atoms with Crippen molar-refractivity contribution in [2.24, 2.45) is 0 Å². The molecule has 0 atom stereocenters. The van der Waals surface area contributed by atoms with Crippen LogP contribution in [0.4, 0.5) is 5.69 Å². The van der Waals surface area contributed by atoms with Gasteiger partial charge in [0.05, 0.1) is 18.1 Å². The van der Waals surface area contributed by atoms with Crippen LogP contribution in [0.3, 0.4) is 0 Å². The summed E-state index contributed by atoms with van der Waals surface area (Å²) in [5.74, 6) is 0.0375. The predicted octanol–water partition coefficient (Wildman–Crippen LogP) is 1.89. The summed E-state index contributed by atoms with van der Waals surface area (Å²) in [5.41, 5.74) is 0.715. The Morgan fingerprint density at radius 2 is 2.21 bits per heavy atom. The highest BCUT2D eigenvalue weighted by Crippen LogP contribution is 2.18. The van der Waals surface area contributed by atoms with Crippen LogP contribution in [0.15, 0.2) is 18.2 Å². The Labute approximate surface area is 115 Å². The molecule has 1 aromatic carbocycles. The number of benzene rings is 1. The van der Waals surface area contributed by atoms with E-state index in [0.29, 0.717) is 31.2 Å². The lowest BCUT2D eigenvalue weighted by atomic mass is 10.1. The molecule has 0 aliphatic heterocycles. The molecule has 1 aromatic rings. The highest BCUT2D eigenvalue weighted by atomic mass is 35.5. The standard InChI is InChI=1S/C12H15ClN2O4/c1-9-2-3-10(8-11(9)15(17)18)12(16)14-5-7-19-6-4-13/h2-3,8H,4-7H2,1H3,(H,14,16). The third-order valence-corrected chi connectivity index (χ3v) is 2.58. The van der Waals surface area contributed by atoms with Gasteiger partial charge in [0, 0.05) is 29.6 Å². The summed E-state index contributed by atoms with van der Waals surface area (Å²) in [4.78, 5) is 22.0. The Kier molecular flexibility index (Phi) is 6.24. The molecule has 0 heterocycles. The van der Waals surface area contributed by atoms with Crippen molar-refractivity contribution in [2.45, 2.75) is 6.92 Å². The van der Waals surface area contributed by atoms with Crippen molar-refractivity contribution in [1.82, 2.24) is 5.32 Å². The summed E-state index contributed by atoms with van der Waals surface area (Å²) in [6, 6.07) is 4.37. The van der Waals surface area contributed by atoms with Gasteiger partial charge >= 0.3 is 0 Å². The molecule has 0 aliphatic carbocycles. The number of nitrogens with zero attached hydrogens (tertiary/aromatic N) is 1. The number of nitrogens with one attached hydrogen (secondary N) is 1. The van der Waals surface area contributed by atoms with Crippen molar-refractivity contribution in [1.29, 1.82) is 0 Å². The lowest BCUT2D eigenvalue weighted by Gasteiger charge is -2.06. The minimum Gasteiger partial charge on any atom is -0.378 e. The molecule has 0 saturated carbocycles. The van der Waals surface area contributed by atoms with Crippen LogP contribution in [-0.2, 0) is 4.74 Å². The molecular formula is C12H15ClN2O4. The van der Waals surface area contributed by atoms with Gasteiger partial charge in [-0.3, -0.25) is 14.9 Å². The molecule has 1 N–H and O–H groups in total. The van der Waals surface area contributed by atoms with Gasteiger partial charge < -0.3 is 10.1 Å². The minimum absolute atomic E-state index is 0.0639. The van der Waals surface area contributed by atoms with E-state index in [2.05, 4.69) is 5.32 Å². The highest BCUT2D eigenvalue weighted by molar-refractivity contribution is 6.17. The number of aryl methyl sites for hydroxylation is 1. The molecule has 19 heavy (non-hydrogen) atoms. The van der Waals surface area contributed by atoms with Crippen molar-refractivity contribution in [2.75, 3.05) is 25.6 Å². The first-order chi connectivity index (χ1) is 9.06. The fourth-order valence-corrected chi connectivity index (χ4v) is 1.55. The maximum Gasteiger partial charge on any atom is 0.273 e. The van der Waals surface area contributed by atoms with Gasteiger partial charge in [0.1, 0.15) is 0 Å². The van der Waals surface area contributed by atoms with Gasteiger partial charge in [0.2, 0.25) is 0 Å². The number of halogens is 1. The van der Waals surface area contributed by atoms with Gasteiger partial charge in [-0.05, 0) is 13.0 Å². The van der Waals surface area contributed by atoms with Gasteiger partial charge in [-0.15, -0.1) is 11.6 Å². The Bertz CT molecular complexity index is 465. The molecule has 0 aliphatic rings. The van der Waals surface area contributed by atoms with Gasteiger partial charge in [-0.25, -0.2) is 0 Å². The number of amides is 1. The fourth-order valence-electron chi connectivity index (χ4n) is 1.44. The lowest BCUT2D eigenvalue weighted by molar-refractivity contribution is -0.385. The minimum atomic E-state index is -0.504. The Morgan fingerprint density at radius 1 is 1.47 bits per heavy atom. The van der Waals surface area contributed by atoms with E-state index >= 15 is 0 Å². The zero-order chi connectivity index (χ0) is 14.3. The van der Waals surface area contributed by atoms with Crippen molar-refractivity contribution < 1.29 is 14.5 Å². The molecule has 0 aromatic heterocycles. The SMILES string of the molecule is Cc1ccc(C(=O)NCCOCCCl)cc1[N+](=O)[O-]. The molecule has 0 saturated heterocycles. The van der Waals surface area contributed by atoms with E-state index in [4.69, 9.17) is 16.3 Å². The van der Waals surface area contributed by atoms with Crippen molar-refractivity contribution in [3.63, 3.8) is 0 Å². The van der Waals surface area contributed by atoms with E-state index in [1.165, 1.54) is 6.07 Å². The average molecular weight is 287 g/mol. The van der Waals surface area contributed by atoms with Crippen LogP contribution in [-0.4, -0.2) is 36.5 Å². The Morgan fingerprint density at radius 3 is 2.84 bits per heavy atom. The van der Waals surface area contributed by atoms with Gasteiger partial charge in [0.25, 0.3) is 11.6 Å². The summed E-state index contributed by atoms with van der Waals surface area (Å²) in [5, 5.41) is 13.4. The molecule has 0 radical (unpaired) electrons. The molecule has 7 heteroatoms. The largest absolute Gasteiger partial charge is 0.378 e. The van der Waals surface area contributed by atoms with Crippen LogP contribution in [0.5, 0.6) is 0 Å². The van der Waals surface area contributed by atoms with Crippen LogP contribution in [0.25, 0.3) is 0 Å². The topological polar surface area (TPSA) is 81.5 Å². The van der Waals surface area contributed by atoms with Gasteiger partial charge in [-0.2, -0.15) is 0 Å². The number of hydrogen-bond acceptors (Lipinski definition) is 4. The first kappa shape index (κ1) is 15.4. The molecule has 0 spiro atoms. The monoisotopic (exact) mass is 286 g/mol. The number of carbonyl (C=O) groups excluding carboxylic acids is 1. The second-order valence-corrected chi connectivity index (χ2v) is 4.19. The fraction of sp³-hybridized carbons (Fsp3) is 0.417. The summed E-state index contributed by atoms with van der Waals surface area (Å²) in [7, 11) is 0. The normalized spacial score (nSPS) is 10.2. The molecule has 6 nitrogen and oxygen atoms in total. The van der Waals surface area contributed by atoms with E-state index in [1.807, 2.05) is 0 Å². The summed E-state index contributed by atoms with van der Waals surface area (Å²) >= 11 is 5.42. The lowest BCUT2D eigenvalue weighted by Crippen LogP contribution is -2.27. The summed E-state index contributed by atoms with van der Waals surface area (Å²) in [6.07, 6.45) is 0. The smallest absolute Gasteiger partial charge is 0.273 e. The number of nitro groups is 1. The van der Waals surface area contributed by atoms with Gasteiger partial charge in [0.15, 0.2) is 0 Å². The highest BCUT2D eigenvalue weighted by Gasteiger charge is 2.14. The second kappa shape index (κ2) is 7.70. The zero-order valence-corrected chi connectivity index (χ0v) is 11.3. The summed E-state index contributed by atoms with van der Waals surface area (Å²) in [6.45, 7) is 2.73. The Balaban J connectivity index is 2.57. The number of hydrogen-bond donors (Lipinski definition) is 1. The van der Waals surface area contributed by atoms with Crippen LogP contribution < -0.4 is 5.32 Å². The first-order valence-corrected chi connectivity index (χ1v) is 6.26. The second-order valence-electron chi connectivity index (χ2n) is 3.82. The van der Waals surface area contributed by atoms with E-state index in [1.54, 1.807) is 19.1 Å². The maximum absolute atomic E-state index is 11.7. The first-order valence-electron chi connectivity index (χ1n) is 5.73. The number of nitro benzene ring substituents is 1. The Hall–Kier alpha value is -1.66. The number of alkyl halides is 1. The van der Waals surface area contributed by atoms with Crippen LogP contribution in [0.2, 0.25) is 0 Å². The summed E-state index contributed by atoms with van der Waals surface area (Å²) < 4.78 is 5.10. The van der Waals surface area contributed by atoms with Gasteiger partial charge in [-0.1, -0.05) is 6.07 Å². The van der Waals surface area contributed by atoms with E-state index in [0.717, 1.165) is 0 Å². The average Bonchev–Trinajstić information content (AvgIpc) is 2.38. The van der Waals surface area contributed by atoms with Crippen molar-refractivity contribution >= 4 is 23.2 Å². The third kappa shape index (κ3) is 4.84. The molecule has 1 amide bonds. The van der Waals surface area contributed by atoms with E-state index in [-0.39, 0.29) is 17.2 Å². The van der Waals surface area contributed by atoms with E-state index in [9.17, 15) is 14.9 Å². The molecule has 1 rings (SSSR count). The maximum atomic E-state index is 11.7. The van der Waals surface area contributed by atoms with Crippen molar-refractivity contribution in [3.8, 4) is 0 Å². The molecule has 104 valence electrons. The molecule has 0 unspecified atom stereocenters. The number of ether oxygens (including phenoxy) is 1. The van der Waals surface area contributed by atoms with Crippen LogP contribution >= 0.6 is 11.6 Å².